The molecule has 5 heteroatoms. The number of benzene rings is 2. The Kier molecular flexibility index (Phi) is 3.89. The Bertz CT molecular complexity index is 586. The van der Waals surface area contributed by atoms with Crippen LogP contribution in [-0.2, 0) is 6.61 Å². The molecule has 0 bridgehead atoms. The Morgan fingerprint density at radius 2 is 1.74 bits per heavy atom. The highest BCUT2D eigenvalue weighted by molar-refractivity contribution is 7.99. The topological polar surface area (TPSA) is 33.0 Å². The molecule has 96 valence electrons. The Morgan fingerprint density at radius 1 is 1.05 bits per heavy atom. The molecule has 19 heavy (non-hydrogen) atoms. The fourth-order valence-electron chi connectivity index (χ4n) is 2.08. The largest absolute Gasteiger partial charge is 0.729 e. The summed E-state index contributed by atoms with van der Waals surface area (Å²) in [5.74, 6) is 0. The molecule has 0 saturated heterocycles. The monoisotopic (exact) mass is 289 g/mol. The molecule has 0 unspecified atom stereocenters. The first-order valence-corrected chi connectivity index (χ1v) is 8.10. The Morgan fingerprint density at radius 3 is 2.47 bits per heavy atom. The lowest BCUT2D eigenvalue weighted by atomic mass is 9.80. The van der Waals surface area contributed by atoms with Gasteiger partial charge in [-0.05, 0) is 42.7 Å². The fourth-order valence-corrected chi connectivity index (χ4v) is 3.36. The van der Waals surface area contributed by atoms with E-state index in [1.165, 1.54) is 9.79 Å². The van der Waals surface area contributed by atoms with E-state index in [2.05, 4.69) is 47.3 Å². The van der Waals surface area contributed by atoms with Gasteiger partial charge in [0.05, 0.1) is 5.46 Å². The van der Waals surface area contributed by atoms with E-state index < -0.39 is 7.12 Å². The lowest BCUT2D eigenvalue weighted by Gasteiger charge is -2.04. The van der Waals surface area contributed by atoms with Crippen LogP contribution in [0.15, 0.2) is 57.2 Å². The molecule has 1 aliphatic heterocycles. The molecule has 0 saturated carbocycles. The summed E-state index contributed by atoms with van der Waals surface area (Å²) < 4.78 is 4.12. The van der Waals surface area contributed by atoms with Crippen LogP contribution in [0.4, 0.5) is 0 Å². The van der Waals surface area contributed by atoms with Crippen LogP contribution in [0.2, 0.25) is 0 Å². The Labute approximate surface area is 121 Å². The van der Waals surface area contributed by atoms with Gasteiger partial charge >= 0.3 is 7.12 Å². The van der Waals surface area contributed by atoms with Crippen molar-refractivity contribution in [3.05, 3.63) is 48.0 Å². The zero-order valence-corrected chi connectivity index (χ0v) is 12.2. The third-order valence-corrected chi connectivity index (χ3v) is 4.87. The summed E-state index contributed by atoms with van der Waals surface area (Å²) in [4.78, 5) is 3.63. The van der Waals surface area contributed by atoms with Crippen molar-refractivity contribution in [2.45, 2.75) is 21.3 Å². The van der Waals surface area contributed by atoms with Gasteiger partial charge in [0.2, 0.25) is 0 Å². The molecule has 0 aliphatic carbocycles. The maximum atomic E-state index is 9.76. The predicted molar refractivity (Wildman–Crippen MR) is 82.3 cm³/mol. The van der Waals surface area contributed by atoms with E-state index in [1.807, 2.05) is 6.07 Å². The molecule has 0 fully saturated rings. The molecule has 1 heterocycles. The van der Waals surface area contributed by atoms with E-state index in [1.54, 1.807) is 23.5 Å². The van der Waals surface area contributed by atoms with E-state index in [0.29, 0.717) is 6.61 Å². The second-order valence-corrected chi connectivity index (χ2v) is 6.38. The minimum Gasteiger partial charge on any atom is -0.508 e. The van der Waals surface area contributed by atoms with Gasteiger partial charge in [0.25, 0.3) is 0 Å². The van der Waals surface area contributed by atoms with Crippen LogP contribution in [0.3, 0.4) is 0 Å². The summed E-state index contributed by atoms with van der Waals surface area (Å²) in [6, 6.07) is 14.7. The van der Waals surface area contributed by atoms with Crippen LogP contribution in [0.25, 0.3) is 0 Å². The molecule has 2 nitrogen and oxygen atoms in total. The molecule has 2 N–H and O–H groups in total. The number of aliphatic hydroxyl groups is 1. The molecule has 0 amide bonds. The maximum Gasteiger partial charge on any atom is 0.729 e. The molecule has 0 atom stereocenters. The summed E-state index contributed by atoms with van der Waals surface area (Å²) in [6.07, 6.45) is 2.08. The van der Waals surface area contributed by atoms with Gasteiger partial charge in [0.15, 0.2) is 0 Å². The van der Waals surface area contributed by atoms with Crippen LogP contribution in [-0.4, -0.2) is 23.1 Å². The Balaban J connectivity index is 1.81. The van der Waals surface area contributed by atoms with Crippen molar-refractivity contribution in [3.63, 3.8) is 0 Å². The average Bonchev–Trinajstić information content (AvgIpc) is 2.81. The van der Waals surface area contributed by atoms with E-state index in [0.717, 1.165) is 15.9 Å². The van der Waals surface area contributed by atoms with Crippen molar-refractivity contribution in [2.75, 3.05) is 6.26 Å². The van der Waals surface area contributed by atoms with Crippen LogP contribution in [0, 0.1) is 0 Å². The zero-order chi connectivity index (χ0) is 13.2. The van der Waals surface area contributed by atoms with E-state index in [-0.39, 0.29) is 0 Å². The minimum absolute atomic E-state index is 0.629. The van der Waals surface area contributed by atoms with Gasteiger partial charge in [-0.25, -0.2) is 0 Å². The lowest BCUT2D eigenvalue weighted by Crippen LogP contribution is -2.30. The summed E-state index contributed by atoms with van der Waals surface area (Å²) in [6.45, 7) is 0.629. The number of rotatable bonds is 3. The highest BCUT2D eigenvalue weighted by Gasteiger charge is 2.37. The molecular weight excluding hydrogens is 275 g/mol. The second-order valence-electron chi connectivity index (χ2n) is 4.35. The molecule has 0 aromatic heterocycles. The third-order valence-electron chi connectivity index (χ3n) is 3.13. The smallest absolute Gasteiger partial charge is 0.508 e. The quantitative estimate of drug-likeness (QED) is 0.534. The molecule has 1 aliphatic rings. The van der Waals surface area contributed by atoms with Crippen molar-refractivity contribution < 1.29 is 9.68 Å². The number of hydrogen-bond acceptors (Lipinski definition) is 3. The van der Waals surface area contributed by atoms with Crippen molar-refractivity contribution in [3.8, 4) is 0 Å². The van der Waals surface area contributed by atoms with Gasteiger partial charge in [-0.1, -0.05) is 17.8 Å². The SMILES string of the molecule is CSc1ccc(Sc2ccc3c(c2)B(O)[OH+]C3)cc1. The Hall–Kier alpha value is -0.875. The maximum absolute atomic E-state index is 9.76. The number of thioether (sulfide) groups is 1. The first kappa shape index (κ1) is 13.1. The van der Waals surface area contributed by atoms with Crippen LogP contribution >= 0.6 is 23.5 Å². The van der Waals surface area contributed by atoms with Gasteiger partial charge in [-0.3, -0.25) is 0 Å². The van der Waals surface area contributed by atoms with Crippen molar-refractivity contribution >= 4 is 36.1 Å². The van der Waals surface area contributed by atoms with E-state index in [9.17, 15) is 5.02 Å². The summed E-state index contributed by atoms with van der Waals surface area (Å²) in [7, 11) is -0.644. The zero-order valence-electron chi connectivity index (χ0n) is 10.5. The molecule has 0 spiro atoms. The summed E-state index contributed by atoms with van der Waals surface area (Å²) in [5, 5.41) is 9.76. The fraction of sp³-hybridized carbons (Fsp3) is 0.143. The highest BCUT2D eigenvalue weighted by atomic mass is 32.2. The number of fused-ring (bicyclic) bond motifs is 1. The first-order chi connectivity index (χ1) is 9.26. The normalized spacial score (nSPS) is 13.7. The molecule has 0 radical (unpaired) electrons. The van der Waals surface area contributed by atoms with Gasteiger partial charge in [-0.2, -0.15) is 0 Å². The van der Waals surface area contributed by atoms with Crippen molar-refractivity contribution in [1.82, 2.24) is 0 Å². The third kappa shape index (κ3) is 2.84. The predicted octanol–water partition coefficient (Wildman–Crippen LogP) is 2.29. The lowest BCUT2D eigenvalue weighted by molar-refractivity contribution is 0.103. The molecule has 3 rings (SSSR count). The summed E-state index contributed by atoms with van der Waals surface area (Å²) in [5.41, 5.74) is 2.08. The number of hydrogen-bond donors (Lipinski definition) is 1. The van der Waals surface area contributed by atoms with Crippen molar-refractivity contribution in [1.29, 1.82) is 0 Å². The average molecular weight is 289 g/mol. The second kappa shape index (κ2) is 5.63. The van der Waals surface area contributed by atoms with Crippen LogP contribution in [0.5, 0.6) is 0 Å². The van der Waals surface area contributed by atoms with Crippen LogP contribution < -0.4 is 5.46 Å². The minimum atomic E-state index is -0.644. The molecular formula is C14H14BO2S2+. The molecule has 2 aromatic carbocycles. The molecule has 2 aromatic rings. The van der Waals surface area contributed by atoms with Crippen LogP contribution in [0.1, 0.15) is 5.56 Å². The van der Waals surface area contributed by atoms with Gasteiger partial charge in [0, 0.05) is 20.2 Å². The van der Waals surface area contributed by atoms with E-state index >= 15 is 0 Å². The highest BCUT2D eigenvalue weighted by Crippen LogP contribution is 2.29. The van der Waals surface area contributed by atoms with Gasteiger partial charge in [-0.15, -0.1) is 11.8 Å². The van der Waals surface area contributed by atoms with E-state index in [4.69, 9.17) is 0 Å². The standard InChI is InChI=1S/C14H13BO2S2/c1-18-11-4-6-12(7-5-11)19-13-3-2-10-9-17-15(16)14(10)8-13/h2-8,16H,9H2,1H3/p+1. The van der Waals surface area contributed by atoms with Gasteiger partial charge < -0.3 is 9.68 Å². The van der Waals surface area contributed by atoms with Crippen molar-refractivity contribution in [2.24, 2.45) is 0 Å². The van der Waals surface area contributed by atoms with Gasteiger partial charge in [0.1, 0.15) is 6.61 Å². The first-order valence-electron chi connectivity index (χ1n) is 6.05. The summed E-state index contributed by atoms with van der Waals surface area (Å²) >= 11 is 3.46.